The molecule has 5 nitrogen and oxygen atoms in total. The second-order valence-corrected chi connectivity index (χ2v) is 5.79. The standard InChI is InChI=1S/C17H21N3O2/c1-12-10-13-6-3-4-7-14(13)20(12)11-16(21)19-9-5-8-15(19)17(22)18-2/h3-4,6-7,10,15H,5,8-9,11H2,1-2H3,(H,18,22)/t15-/m1/s1. The minimum atomic E-state index is -0.320. The number of likely N-dealkylation sites (N-methyl/N-ethyl adjacent to an activating group) is 1. The van der Waals surface area contributed by atoms with Gasteiger partial charge < -0.3 is 14.8 Å². The highest BCUT2D eigenvalue weighted by Gasteiger charge is 2.33. The van der Waals surface area contributed by atoms with Gasteiger partial charge >= 0.3 is 0 Å². The van der Waals surface area contributed by atoms with E-state index in [0.717, 1.165) is 29.4 Å². The Labute approximate surface area is 129 Å². The lowest BCUT2D eigenvalue weighted by Gasteiger charge is -2.24. The van der Waals surface area contributed by atoms with E-state index in [1.807, 2.05) is 35.8 Å². The number of rotatable bonds is 3. The van der Waals surface area contributed by atoms with Crippen molar-refractivity contribution in [2.45, 2.75) is 32.4 Å². The van der Waals surface area contributed by atoms with Crippen molar-refractivity contribution in [2.24, 2.45) is 0 Å². The molecule has 22 heavy (non-hydrogen) atoms. The fourth-order valence-corrected chi connectivity index (χ4v) is 3.29. The van der Waals surface area contributed by atoms with Crippen molar-refractivity contribution in [1.82, 2.24) is 14.8 Å². The highest BCUT2D eigenvalue weighted by Crippen LogP contribution is 2.22. The summed E-state index contributed by atoms with van der Waals surface area (Å²) in [5.41, 5.74) is 2.12. The Balaban J connectivity index is 1.84. The molecule has 0 saturated carbocycles. The van der Waals surface area contributed by atoms with Crippen molar-refractivity contribution in [2.75, 3.05) is 13.6 Å². The molecule has 1 saturated heterocycles. The largest absolute Gasteiger partial charge is 0.357 e. The molecule has 1 aliphatic rings. The van der Waals surface area contributed by atoms with Crippen LogP contribution in [0.25, 0.3) is 10.9 Å². The van der Waals surface area contributed by atoms with Gasteiger partial charge in [-0.3, -0.25) is 9.59 Å². The van der Waals surface area contributed by atoms with Gasteiger partial charge in [-0.2, -0.15) is 0 Å². The maximum atomic E-state index is 12.7. The quantitative estimate of drug-likeness (QED) is 0.937. The molecule has 0 aliphatic carbocycles. The van der Waals surface area contributed by atoms with E-state index < -0.39 is 0 Å². The molecule has 0 unspecified atom stereocenters. The van der Waals surface area contributed by atoms with Crippen LogP contribution < -0.4 is 5.32 Å². The van der Waals surface area contributed by atoms with Gasteiger partial charge in [0.25, 0.3) is 0 Å². The van der Waals surface area contributed by atoms with Crippen LogP contribution in [0, 0.1) is 6.92 Å². The third-order valence-electron chi connectivity index (χ3n) is 4.43. The van der Waals surface area contributed by atoms with Crippen molar-refractivity contribution in [3.05, 3.63) is 36.0 Å². The number of amides is 2. The number of carbonyl (C=O) groups is 2. The maximum absolute atomic E-state index is 12.7. The zero-order chi connectivity index (χ0) is 15.7. The average Bonchev–Trinajstić information content (AvgIpc) is 3.12. The van der Waals surface area contributed by atoms with Gasteiger partial charge in [-0.1, -0.05) is 18.2 Å². The van der Waals surface area contributed by atoms with E-state index in [1.165, 1.54) is 0 Å². The summed E-state index contributed by atoms with van der Waals surface area (Å²) in [6, 6.07) is 9.81. The van der Waals surface area contributed by atoms with E-state index in [-0.39, 0.29) is 24.4 Å². The Morgan fingerprint density at radius 3 is 2.86 bits per heavy atom. The van der Waals surface area contributed by atoms with Crippen LogP contribution in [-0.4, -0.2) is 40.9 Å². The summed E-state index contributed by atoms with van der Waals surface area (Å²) in [6.07, 6.45) is 1.63. The van der Waals surface area contributed by atoms with Crippen LogP contribution >= 0.6 is 0 Å². The molecule has 1 aromatic carbocycles. The first kappa shape index (κ1) is 14.6. The molecule has 116 valence electrons. The molecule has 1 N–H and O–H groups in total. The third-order valence-corrected chi connectivity index (χ3v) is 4.43. The van der Waals surface area contributed by atoms with Gasteiger partial charge in [0.1, 0.15) is 12.6 Å². The molecule has 1 aromatic heterocycles. The third kappa shape index (κ3) is 2.47. The van der Waals surface area contributed by atoms with Gasteiger partial charge in [0.2, 0.25) is 11.8 Å². The highest BCUT2D eigenvalue weighted by atomic mass is 16.2. The predicted molar refractivity (Wildman–Crippen MR) is 85.5 cm³/mol. The number of hydrogen-bond acceptors (Lipinski definition) is 2. The van der Waals surface area contributed by atoms with Gasteiger partial charge in [-0.25, -0.2) is 0 Å². The van der Waals surface area contributed by atoms with Crippen LogP contribution in [-0.2, 0) is 16.1 Å². The number of fused-ring (bicyclic) bond motifs is 1. The van der Waals surface area contributed by atoms with Gasteiger partial charge in [0.05, 0.1) is 0 Å². The molecular weight excluding hydrogens is 278 g/mol. The monoisotopic (exact) mass is 299 g/mol. The molecule has 1 fully saturated rings. The van der Waals surface area contributed by atoms with Crippen molar-refractivity contribution >= 4 is 22.7 Å². The van der Waals surface area contributed by atoms with E-state index >= 15 is 0 Å². The van der Waals surface area contributed by atoms with Crippen molar-refractivity contribution in [3.8, 4) is 0 Å². The molecule has 0 bridgehead atoms. The van der Waals surface area contributed by atoms with E-state index in [1.54, 1.807) is 11.9 Å². The summed E-state index contributed by atoms with van der Waals surface area (Å²) in [4.78, 5) is 26.3. The summed E-state index contributed by atoms with van der Waals surface area (Å²) in [5, 5.41) is 3.79. The molecule has 0 spiro atoms. The molecule has 2 heterocycles. The lowest BCUT2D eigenvalue weighted by atomic mass is 10.2. The topological polar surface area (TPSA) is 54.3 Å². The van der Waals surface area contributed by atoms with E-state index in [0.29, 0.717) is 6.54 Å². The number of likely N-dealkylation sites (tertiary alicyclic amines) is 1. The number of carbonyl (C=O) groups excluding carboxylic acids is 2. The Morgan fingerprint density at radius 1 is 1.32 bits per heavy atom. The van der Waals surface area contributed by atoms with Crippen molar-refractivity contribution in [1.29, 1.82) is 0 Å². The second kappa shape index (κ2) is 5.83. The van der Waals surface area contributed by atoms with Crippen LogP contribution in [0.2, 0.25) is 0 Å². The summed E-state index contributed by atoms with van der Waals surface area (Å²) in [6.45, 7) is 2.95. The Bertz CT molecular complexity index is 720. The molecule has 0 radical (unpaired) electrons. The van der Waals surface area contributed by atoms with Crippen molar-refractivity contribution in [3.63, 3.8) is 0 Å². The Kier molecular flexibility index (Phi) is 3.88. The first-order valence-electron chi connectivity index (χ1n) is 7.67. The number of aryl methyl sites for hydroxylation is 1. The summed E-state index contributed by atoms with van der Waals surface area (Å²) < 4.78 is 2.02. The zero-order valence-electron chi connectivity index (χ0n) is 13.0. The number of nitrogens with one attached hydrogen (secondary N) is 1. The van der Waals surface area contributed by atoms with Crippen LogP contribution in [0.15, 0.2) is 30.3 Å². The van der Waals surface area contributed by atoms with Crippen molar-refractivity contribution < 1.29 is 9.59 Å². The maximum Gasteiger partial charge on any atom is 0.243 e. The second-order valence-electron chi connectivity index (χ2n) is 5.79. The Hall–Kier alpha value is -2.30. The fourth-order valence-electron chi connectivity index (χ4n) is 3.29. The number of hydrogen-bond donors (Lipinski definition) is 1. The van der Waals surface area contributed by atoms with Gasteiger partial charge in [-0.15, -0.1) is 0 Å². The number of aromatic nitrogens is 1. The molecule has 2 amide bonds. The lowest BCUT2D eigenvalue weighted by molar-refractivity contribution is -0.138. The van der Waals surface area contributed by atoms with E-state index in [4.69, 9.17) is 0 Å². The minimum Gasteiger partial charge on any atom is -0.357 e. The predicted octanol–water partition coefficient (Wildman–Crippen LogP) is 1.69. The number of para-hydroxylation sites is 1. The van der Waals surface area contributed by atoms with Gasteiger partial charge in [-0.05, 0) is 37.3 Å². The van der Waals surface area contributed by atoms with E-state index in [2.05, 4.69) is 11.4 Å². The fraction of sp³-hybridized carbons (Fsp3) is 0.412. The molecule has 1 aliphatic heterocycles. The highest BCUT2D eigenvalue weighted by molar-refractivity contribution is 5.89. The Morgan fingerprint density at radius 2 is 2.09 bits per heavy atom. The molecule has 1 atom stereocenters. The summed E-state index contributed by atoms with van der Waals surface area (Å²) >= 11 is 0. The zero-order valence-corrected chi connectivity index (χ0v) is 13.0. The first-order chi connectivity index (χ1) is 10.6. The SMILES string of the molecule is CNC(=O)[C@H]1CCCN1C(=O)Cn1c(C)cc2ccccc21. The molecular formula is C17H21N3O2. The van der Waals surface area contributed by atoms with Crippen LogP contribution in [0.4, 0.5) is 0 Å². The van der Waals surface area contributed by atoms with Gasteiger partial charge in [0, 0.05) is 24.8 Å². The normalized spacial score (nSPS) is 17.9. The first-order valence-corrected chi connectivity index (χ1v) is 7.67. The molecule has 2 aromatic rings. The van der Waals surface area contributed by atoms with Crippen LogP contribution in [0.3, 0.4) is 0 Å². The average molecular weight is 299 g/mol. The number of nitrogens with zero attached hydrogens (tertiary/aromatic N) is 2. The summed E-state index contributed by atoms with van der Waals surface area (Å²) in [5.74, 6) is -0.0597. The van der Waals surface area contributed by atoms with Crippen LogP contribution in [0.5, 0.6) is 0 Å². The molecule has 5 heteroatoms. The van der Waals surface area contributed by atoms with E-state index in [9.17, 15) is 9.59 Å². The minimum absolute atomic E-state index is 0.00977. The smallest absolute Gasteiger partial charge is 0.243 e. The molecule has 3 rings (SSSR count). The summed E-state index contributed by atoms with van der Waals surface area (Å²) in [7, 11) is 1.62. The van der Waals surface area contributed by atoms with Crippen LogP contribution in [0.1, 0.15) is 18.5 Å². The number of benzene rings is 1. The lowest BCUT2D eigenvalue weighted by Crippen LogP contribution is -2.46. The van der Waals surface area contributed by atoms with Gasteiger partial charge in [0.15, 0.2) is 0 Å².